The zero-order valence-electron chi connectivity index (χ0n) is 19.5. The molecule has 0 amide bonds. The molecule has 4 aromatic carbocycles. The van der Waals surface area contributed by atoms with E-state index in [1.807, 2.05) is 18.2 Å². The topological polar surface area (TPSA) is 65.4 Å². The largest absolute Gasteiger partial charge is 0.370 e. The van der Waals surface area contributed by atoms with E-state index < -0.39 is 0 Å². The third kappa shape index (κ3) is 1.93. The molecule has 4 aliphatic rings. The monoisotopic (exact) mass is 452 g/mol. The van der Waals surface area contributed by atoms with E-state index >= 15 is 0 Å². The van der Waals surface area contributed by atoms with Gasteiger partial charge in [0.2, 0.25) is 0 Å². The Bertz CT molecular complexity index is 1690. The molecule has 168 valence electrons. The normalized spacial score (nSPS) is 28.9. The van der Waals surface area contributed by atoms with Gasteiger partial charge in [-0.2, -0.15) is 5.26 Å². The second kappa shape index (κ2) is 5.93. The number of hydrogen-bond donors (Lipinski definition) is 1. The molecular weight excluding hydrogens is 428 g/mol. The van der Waals surface area contributed by atoms with Gasteiger partial charge in [-0.3, -0.25) is 0 Å². The number of nitrogens with zero attached hydrogens (tertiary/aromatic N) is 3. The van der Waals surface area contributed by atoms with Crippen LogP contribution in [0.5, 0.6) is 0 Å². The molecule has 1 heterocycles. The molecular formula is C31H24N4. The molecule has 4 heteroatoms. The van der Waals surface area contributed by atoms with Crippen LogP contribution in [0.2, 0.25) is 0 Å². The minimum Gasteiger partial charge on any atom is -0.370 e. The maximum Gasteiger partial charge on any atom is 0.191 e. The summed E-state index contributed by atoms with van der Waals surface area (Å²) in [6.45, 7) is 0.878. The number of nitriles is 1. The lowest BCUT2D eigenvalue weighted by Crippen LogP contribution is -2.48. The Balaban J connectivity index is 1.42. The van der Waals surface area contributed by atoms with Crippen molar-refractivity contribution in [2.45, 2.75) is 23.8 Å². The van der Waals surface area contributed by atoms with Crippen LogP contribution in [0.4, 0.5) is 0 Å². The number of fused-ring (bicyclic) bond motifs is 1. The first-order chi connectivity index (χ1) is 17.0. The molecule has 2 N–H and O–H groups in total. The van der Waals surface area contributed by atoms with Crippen LogP contribution < -0.4 is 5.73 Å². The smallest absolute Gasteiger partial charge is 0.191 e. The lowest BCUT2D eigenvalue weighted by Gasteiger charge is -2.38. The van der Waals surface area contributed by atoms with Gasteiger partial charge >= 0.3 is 0 Å². The predicted octanol–water partition coefficient (Wildman–Crippen LogP) is 4.88. The number of likely N-dealkylation sites (N-methyl/N-ethyl adjacent to an activating group) is 1. The molecule has 0 saturated heterocycles. The fraction of sp³-hybridized carbons (Fsp3) is 0.226. The number of aliphatic imine (C=N–C) groups is 1. The van der Waals surface area contributed by atoms with Crippen LogP contribution in [0, 0.1) is 16.7 Å². The van der Waals surface area contributed by atoms with Crippen molar-refractivity contribution in [3.8, 4) is 17.2 Å². The van der Waals surface area contributed by atoms with Crippen molar-refractivity contribution in [2.75, 3.05) is 13.6 Å². The lowest BCUT2D eigenvalue weighted by molar-refractivity contribution is 0.332. The first-order valence-electron chi connectivity index (χ1n) is 12.3. The Morgan fingerprint density at radius 3 is 2.51 bits per heavy atom. The number of benzene rings is 4. The molecule has 4 aromatic rings. The summed E-state index contributed by atoms with van der Waals surface area (Å²) < 4.78 is 0. The van der Waals surface area contributed by atoms with Gasteiger partial charge in [0.05, 0.1) is 17.0 Å². The van der Waals surface area contributed by atoms with Crippen LogP contribution in [0.3, 0.4) is 0 Å². The standard InChI is InChI=1S/C31H24N4/c1-35-18-30-25-10-4-7-20-6-3-9-24(27(20)25)16-29(30)15-23-12-11-22(21-8-2-5-19(13-21)17-32)14-26(23)31(29,30)34-28(35)33/h2-14H,15-16,18H2,1H3,(H2,33,34). The van der Waals surface area contributed by atoms with Crippen LogP contribution in [0.1, 0.15) is 27.8 Å². The Kier molecular flexibility index (Phi) is 3.26. The minimum absolute atomic E-state index is 0.00647. The van der Waals surface area contributed by atoms with Gasteiger partial charge in [0.1, 0.15) is 5.54 Å². The highest BCUT2D eigenvalue weighted by molar-refractivity contribution is 5.96. The van der Waals surface area contributed by atoms with E-state index in [2.05, 4.69) is 78.7 Å². The maximum atomic E-state index is 9.43. The molecule has 35 heavy (non-hydrogen) atoms. The van der Waals surface area contributed by atoms with Gasteiger partial charge in [-0.25, -0.2) is 4.99 Å². The second-order valence-electron chi connectivity index (χ2n) is 10.8. The van der Waals surface area contributed by atoms with Gasteiger partial charge in [-0.05, 0) is 75.2 Å². The van der Waals surface area contributed by atoms with E-state index in [-0.39, 0.29) is 16.4 Å². The number of rotatable bonds is 1. The summed E-state index contributed by atoms with van der Waals surface area (Å²) in [5.41, 5.74) is 14.6. The van der Waals surface area contributed by atoms with Crippen molar-refractivity contribution in [3.63, 3.8) is 0 Å². The molecule has 1 fully saturated rings. The molecule has 3 spiro atoms. The summed E-state index contributed by atoms with van der Waals surface area (Å²) in [6, 6.07) is 30.5. The third-order valence-electron chi connectivity index (χ3n) is 9.47. The average molecular weight is 453 g/mol. The van der Waals surface area contributed by atoms with Crippen molar-refractivity contribution in [1.82, 2.24) is 4.90 Å². The van der Waals surface area contributed by atoms with Crippen LogP contribution in [-0.2, 0) is 23.8 Å². The number of nitrogens with two attached hydrogens (primary N) is 1. The summed E-state index contributed by atoms with van der Waals surface area (Å²) in [6.07, 6.45) is 2.02. The van der Waals surface area contributed by atoms with E-state index in [9.17, 15) is 5.26 Å². The van der Waals surface area contributed by atoms with E-state index in [4.69, 9.17) is 10.7 Å². The summed E-state index contributed by atoms with van der Waals surface area (Å²) in [4.78, 5) is 7.56. The molecule has 1 aliphatic heterocycles. The SMILES string of the molecule is CN1CC23c4cccc5cccc(c45)CC24Cc2ccc(-c5cccc(C#N)c5)cc2C43N=C1N. The van der Waals surface area contributed by atoms with E-state index in [1.54, 1.807) is 0 Å². The summed E-state index contributed by atoms with van der Waals surface area (Å²) in [5.74, 6) is 0.630. The van der Waals surface area contributed by atoms with Gasteiger partial charge in [0, 0.05) is 19.0 Å². The van der Waals surface area contributed by atoms with Gasteiger partial charge in [-0.15, -0.1) is 0 Å². The maximum absolute atomic E-state index is 9.43. The molecule has 4 nitrogen and oxygen atoms in total. The van der Waals surface area contributed by atoms with Crippen molar-refractivity contribution >= 4 is 16.7 Å². The van der Waals surface area contributed by atoms with Crippen LogP contribution in [0.25, 0.3) is 21.9 Å². The molecule has 8 rings (SSSR count). The molecule has 3 atom stereocenters. The Hall–Kier alpha value is -4.10. The minimum atomic E-state index is -0.359. The van der Waals surface area contributed by atoms with Crippen LogP contribution in [-0.4, -0.2) is 24.5 Å². The third-order valence-corrected chi connectivity index (χ3v) is 9.47. The summed E-state index contributed by atoms with van der Waals surface area (Å²) >= 11 is 0. The molecule has 0 aromatic heterocycles. The average Bonchev–Trinajstić information content (AvgIpc) is 3.26. The highest BCUT2D eigenvalue weighted by atomic mass is 15.3. The fourth-order valence-corrected chi connectivity index (χ4v) is 8.20. The van der Waals surface area contributed by atoms with E-state index in [1.165, 1.54) is 33.0 Å². The Morgan fingerprint density at radius 2 is 1.66 bits per heavy atom. The van der Waals surface area contributed by atoms with Crippen molar-refractivity contribution in [1.29, 1.82) is 5.26 Å². The zero-order valence-corrected chi connectivity index (χ0v) is 19.5. The highest BCUT2D eigenvalue weighted by Gasteiger charge is 2.92. The molecule has 0 radical (unpaired) electrons. The highest BCUT2D eigenvalue weighted by Crippen LogP contribution is 2.87. The van der Waals surface area contributed by atoms with Crippen LogP contribution >= 0.6 is 0 Å². The van der Waals surface area contributed by atoms with Crippen LogP contribution in [0.15, 0.2) is 83.9 Å². The summed E-state index contributed by atoms with van der Waals surface area (Å²) in [5, 5.41) is 12.2. The fourth-order valence-electron chi connectivity index (χ4n) is 8.20. The quantitative estimate of drug-likeness (QED) is 0.447. The second-order valence-corrected chi connectivity index (χ2v) is 10.8. The number of hydrogen-bond acceptors (Lipinski definition) is 4. The molecule has 3 aliphatic carbocycles. The van der Waals surface area contributed by atoms with Crippen molar-refractivity contribution < 1.29 is 0 Å². The van der Waals surface area contributed by atoms with Gasteiger partial charge in [-0.1, -0.05) is 60.7 Å². The van der Waals surface area contributed by atoms with Gasteiger partial charge in [0.25, 0.3) is 0 Å². The Labute approximate surface area is 204 Å². The first kappa shape index (κ1) is 19.2. The number of guanidine groups is 1. The molecule has 3 unspecified atom stereocenters. The van der Waals surface area contributed by atoms with Crippen molar-refractivity contribution in [2.24, 2.45) is 16.1 Å². The van der Waals surface area contributed by atoms with Gasteiger partial charge < -0.3 is 10.6 Å². The van der Waals surface area contributed by atoms with E-state index in [0.717, 1.165) is 30.5 Å². The van der Waals surface area contributed by atoms with Crippen molar-refractivity contribution in [3.05, 3.63) is 107 Å². The zero-order chi connectivity index (χ0) is 23.6. The molecule has 0 bridgehead atoms. The first-order valence-corrected chi connectivity index (χ1v) is 12.3. The lowest BCUT2D eigenvalue weighted by atomic mass is 9.71. The molecule has 1 saturated carbocycles. The van der Waals surface area contributed by atoms with E-state index in [0.29, 0.717) is 11.5 Å². The predicted molar refractivity (Wildman–Crippen MR) is 138 cm³/mol. The summed E-state index contributed by atoms with van der Waals surface area (Å²) in [7, 11) is 2.08. The van der Waals surface area contributed by atoms with Gasteiger partial charge in [0.15, 0.2) is 5.96 Å². The Morgan fingerprint density at radius 1 is 0.886 bits per heavy atom.